The maximum Gasteiger partial charge on any atom is 0.322 e. The van der Waals surface area contributed by atoms with Crippen LogP contribution < -0.4 is 17.0 Å². The lowest BCUT2D eigenvalue weighted by Crippen LogP contribution is -2.42. The summed E-state index contributed by atoms with van der Waals surface area (Å²) in [7, 11) is 0. The summed E-state index contributed by atoms with van der Waals surface area (Å²) in [4.78, 5) is 21.5. The number of benzene rings is 1. The Kier molecular flexibility index (Phi) is 3.98. The number of carboxylic acids is 1. The van der Waals surface area contributed by atoms with E-state index in [0.29, 0.717) is 5.56 Å². The van der Waals surface area contributed by atoms with Gasteiger partial charge in [0.2, 0.25) is 5.91 Å². The van der Waals surface area contributed by atoms with Gasteiger partial charge >= 0.3 is 5.97 Å². The minimum absolute atomic E-state index is 0.241. The molecule has 16 heavy (non-hydrogen) atoms. The van der Waals surface area contributed by atoms with Gasteiger partial charge in [-0.25, -0.2) is 5.43 Å². The van der Waals surface area contributed by atoms with Crippen molar-refractivity contribution in [2.45, 2.75) is 12.5 Å². The van der Waals surface area contributed by atoms with Crippen molar-refractivity contribution in [3.05, 3.63) is 35.4 Å². The van der Waals surface area contributed by atoms with E-state index in [-0.39, 0.29) is 6.42 Å². The van der Waals surface area contributed by atoms with Crippen LogP contribution in [0, 0.1) is 0 Å². The van der Waals surface area contributed by atoms with E-state index in [2.05, 4.69) is 5.43 Å². The normalized spacial score (nSPS) is 12.1. The Bertz CT molecular complexity index is 389. The zero-order valence-corrected chi connectivity index (χ0v) is 8.51. The van der Waals surface area contributed by atoms with Crippen LogP contribution in [0.4, 0.5) is 0 Å². The van der Waals surface area contributed by atoms with Crippen molar-refractivity contribution in [1.82, 2.24) is 5.43 Å². The van der Waals surface area contributed by atoms with Crippen LogP contribution in [-0.4, -0.2) is 23.0 Å². The van der Waals surface area contributed by atoms with Crippen LogP contribution in [0.25, 0.3) is 0 Å². The molecule has 0 aromatic heterocycles. The van der Waals surface area contributed by atoms with Gasteiger partial charge in [-0.2, -0.15) is 0 Å². The monoisotopic (exact) mass is 223 g/mol. The summed E-state index contributed by atoms with van der Waals surface area (Å²) in [6.07, 6.45) is 0.241. The second kappa shape index (κ2) is 5.24. The summed E-state index contributed by atoms with van der Waals surface area (Å²) in [5.74, 6) is 3.55. The number of hydrazine groups is 1. The van der Waals surface area contributed by atoms with Gasteiger partial charge in [-0.1, -0.05) is 12.1 Å². The number of nitrogens with two attached hydrogens (primary N) is 2. The van der Waals surface area contributed by atoms with Gasteiger partial charge in [-0.05, 0) is 24.1 Å². The Balaban J connectivity index is 2.75. The Hall–Kier alpha value is -1.92. The van der Waals surface area contributed by atoms with Crippen LogP contribution in [0.5, 0.6) is 0 Å². The number of hydrogen-bond donors (Lipinski definition) is 4. The molecule has 0 aliphatic carbocycles. The number of nitrogens with one attached hydrogen (secondary N) is 1. The van der Waals surface area contributed by atoms with E-state index in [1.165, 1.54) is 0 Å². The van der Waals surface area contributed by atoms with Gasteiger partial charge in [0.1, 0.15) is 6.04 Å². The zero-order chi connectivity index (χ0) is 12.1. The summed E-state index contributed by atoms with van der Waals surface area (Å²) in [5, 5.41) is 8.76. The third-order valence-corrected chi connectivity index (χ3v) is 2.18. The third kappa shape index (κ3) is 3.04. The number of carboxylic acid groups (broad SMARTS) is 1. The lowest BCUT2D eigenvalue weighted by molar-refractivity contribution is -0.139. The number of rotatable bonds is 5. The van der Waals surface area contributed by atoms with Crippen molar-refractivity contribution in [1.29, 1.82) is 0 Å². The molecule has 1 amide bonds. The second-order valence-corrected chi connectivity index (χ2v) is 3.32. The summed E-state index contributed by atoms with van der Waals surface area (Å²) >= 11 is 0. The molecule has 0 bridgehead atoms. The van der Waals surface area contributed by atoms with Crippen molar-refractivity contribution in [3.8, 4) is 0 Å². The minimum Gasteiger partial charge on any atom is -0.480 e. The average Bonchev–Trinajstić information content (AvgIpc) is 2.26. The average molecular weight is 223 g/mol. The fraction of sp³-hybridized carbons (Fsp3) is 0.200. The number of aliphatic carboxylic acids is 1. The van der Waals surface area contributed by atoms with Crippen LogP contribution in [0.1, 0.15) is 15.9 Å². The first-order valence-electron chi connectivity index (χ1n) is 4.62. The topological polar surface area (TPSA) is 118 Å². The van der Waals surface area contributed by atoms with E-state index < -0.39 is 17.9 Å². The van der Waals surface area contributed by atoms with Crippen molar-refractivity contribution in [2.75, 3.05) is 0 Å². The Morgan fingerprint density at radius 2 is 1.88 bits per heavy atom. The first-order chi connectivity index (χ1) is 7.54. The molecule has 86 valence electrons. The molecule has 0 spiro atoms. The van der Waals surface area contributed by atoms with Crippen LogP contribution in [0.2, 0.25) is 0 Å². The summed E-state index contributed by atoms with van der Waals surface area (Å²) < 4.78 is 0. The Morgan fingerprint density at radius 1 is 1.31 bits per heavy atom. The molecule has 1 aromatic rings. The van der Waals surface area contributed by atoms with Gasteiger partial charge in [0, 0.05) is 5.56 Å². The highest BCUT2D eigenvalue weighted by atomic mass is 16.4. The highest BCUT2D eigenvalue weighted by molar-refractivity contribution is 5.92. The first kappa shape index (κ1) is 12.2. The lowest BCUT2D eigenvalue weighted by atomic mass is 10.0. The fourth-order valence-corrected chi connectivity index (χ4v) is 1.26. The van der Waals surface area contributed by atoms with Crippen LogP contribution in [0.3, 0.4) is 0 Å². The molecule has 6 nitrogen and oxygen atoms in total. The molecule has 1 atom stereocenters. The van der Waals surface area contributed by atoms with Crippen molar-refractivity contribution >= 4 is 11.9 Å². The molecule has 1 unspecified atom stereocenters. The highest BCUT2D eigenvalue weighted by Crippen LogP contribution is 2.06. The van der Waals surface area contributed by atoms with Gasteiger partial charge in [0.15, 0.2) is 0 Å². The molecule has 0 saturated heterocycles. The number of primary amides is 1. The zero-order valence-electron chi connectivity index (χ0n) is 8.51. The van der Waals surface area contributed by atoms with Gasteiger partial charge < -0.3 is 10.8 Å². The number of amides is 1. The molecule has 0 radical (unpaired) electrons. The third-order valence-electron chi connectivity index (χ3n) is 2.18. The number of hydrogen-bond acceptors (Lipinski definition) is 4. The standard InChI is InChI=1S/C10H13N3O3/c11-9(14)7-3-1-6(2-4-7)5-8(13-12)10(15)16/h1-4,8,13H,5,12H2,(H2,11,14)(H,15,16). The van der Waals surface area contributed by atoms with E-state index in [1.54, 1.807) is 24.3 Å². The Labute approximate surface area is 92.2 Å². The number of carbonyl (C=O) groups is 2. The van der Waals surface area contributed by atoms with Crippen molar-refractivity contribution in [3.63, 3.8) is 0 Å². The van der Waals surface area contributed by atoms with Gasteiger partial charge in [-0.15, -0.1) is 0 Å². The highest BCUT2D eigenvalue weighted by Gasteiger charge is 2.15. The van der Waals surface area contributed by atoms with Gasteiger partial charge in [0.25, 0.3) is 0 Å². The van der Waals surface area contributed by atoms with E-state index >= 15 is 0 Å². The SMILES string of the molecule is NNC(Cc1ccc(C(N)=O)cc1)C(=O)O. The molecule has 0 aliphatic rings. The molecule has 1 aromatic carbocycles. The summed E-state index contributed by atoms with van der Waals surface area (Å²) in [6, 6.07) is 5.54. The molecule has 0 saturated carbocycles. The van der Waals surface area contributed by atoms with Crippen molar-refractivity contribution < 1.29 is 14.7 Å². The van der Waals surface area contributed by atoms with E-state index in [0.717, 1.165) is 5.56 Å². The van der Waals surface area contributed by atoms with Crippen LogP contribution in [0.15, 0.2) is 24.3 Å². The fourth-order valence-electron chi connectivity index (χ4n) is 1.26. The largest absolute Gasteiger partial charge is 0.480 e. The van der Waals surface area contributed by atoms with E-state index in [1.807, 2.05) is 0 Å². The molecule has 6 N–H and O–H groups in total. The van der Waals surface area contributed by atoms with E-state index in [9.17, 15) is 9.59 Å². The quantitative estimate of drug-likeness (QED) is 0.386. The predicted molar refractivity (Wildman–Crippen MR) is 57.4 cm³/mol. The lowest BCUT2D eigenvalue weighted by Gasteiger charge is -2.10. The molecule has 0 aliphatic heterocycles. The predicted octanol–water partition coefficient (Wildman–Crippen LogP) is -0.755. The molecule has 6 heteroatoms. The summed E-state index contributed by atoms with van der Waals surface area (Å²) in [5.41, 5.74) is 8.42. The van der Waals surface area contributed by atoms with Crippen molar-refractivity contribution in [2.24, 2.45) is 11.6 Å². The van der Waals surface area contributed by atoms with Gasteiger partial charge in [0.05, 0.1) is 0 Å². The maximum absolute atomic E-state index is 10.8. The van der Waals surface area contributed by atoms with Crippen LogP contribution >= 0.6 is 0 Å². The molecule has 0 heterocycles. The first-order valence-corrected chi connectivity index (χ1v) is 4.62. The van der Waals surface area contributed by atoms with Crippen LogP contribution in [-0.2, 0) is 11.2 Å². The second-order valence-electron chi connectivity index (χ2n) is 3.32. The molecular weight excluding hydrogens is 210 g/mol. The molecular formula is C10H13N3O3. The smallest absolute Gasteiger partial charge is 0.322 e. The minimum atomic E-state index is -1.03. The molecule has 1 rings (SSSR count). The van der Waals surface area contributed by atoms with E-state index in [4.69, 9.17) is 16.7 Å². The Morgan fingerprint density at radius 3 is 2.25 bits per heavy atom. The van der Waals surface area contributed by atoms with Gasteiger partial charge in [-0.3, -0.25) is 15.4 Å². The summed E-state index contributed by atoms with van der Waals surface area (Å²) in [6.45, 7) is 0. The molecule has 0 fully saturated rings. The number of carbonyl (C=O) groups excluding carboxylic acids is 1. The maximum atomic E-state index is 10.8.